The van der Waals surface area contributed by atoms with Crippen LogP contribution in [0.15, 0.2) is 11.6 Å². The molecule has 1 unspecified atom stereocenters. The third-order valence-electron chi connectivity index (χ3n) is 3.64. The van der Waals surface area contributed by atoms with E-state index in [-0.39, 0.29) is 12.0 Å². The Morgan fingerprint density at radius 1 is 1.69 bits per heavy atom. The predicted octanol–water partition coefficient (Wildman–Crippen LogP) is 1.05. The summed E-state index contributed by atoms with van der Waals surface area (Å²) in [6.07, 6.45) is 4.52. The maximum Gasteiger partial charge on any atom is 0.337 e. The van der Waals surface area contributed by atoms with E-state index in [2.05, 4.69) is 11.9 Å². The number of esters is 1. The molecule has 0 aromatic heterocycles. The second-order valence-electron chi connectivity index (χ2n) is 4.58. The van der Waals surface area contributed by atoms with E-state index in [0.717, 1.165) is 24.8 Å². The van der Waals surface area contributed by atoms with Gasteiger partial charge in [-0.15, -0.1) is 0 Å². The lowest BCUT2D eigenvalue weighted by atomic mass is 10.0. The quantitative estimate of drug-likeness (QED) is 0.576. The van der Waals surface area contributed by atoms with Gasteiger partial charge in [-0.2, -0.15) is 0 Å². The lowest BCUT2D eigenvalue weighted by molar-refractivity contribution is -0.163. The smallest absolute Gasteiger partial charge is 0.337 e. The highest BCUT2D eigenvalue weighted by molar-refractivity contribution is 5.90. The highest BCUT2D eigenvalue weighted by Crippen LogP contribution is 2.34. The van der Waals surface area contributed by atoms with Crippen LogP contribution in [0.3, 0.4) is 0 Å². The number of rotatable bonds is 3. The highest BCUT2D eigenvalue weighted by Gasteiger charge is 2.38. The molecule has 0 radical (unpaired) electrons. The summed E-state index contributed by atoms with van der Waals surface area (Å²) in [5.41, 5.74) is 0.726. The Kier molecular flexibility index (Phi) is 3.30. The SMILES string of the molecule is CCC(O)OC(=O)C1=CC[C@@H]2CC[C@H]1N2C. The van der Waals surface area contributed by atoms with Gasteiger partial charge < -0.3 is 9.84 Å². The number of ether oxygens (including phenoxy) is 1. The maximum absolute atomic E-state index is 11.8. The Bertz CT molecular complexity index is 313. The summed E-state index contributed by atoms with van der Waals surface area (Å²) in [6.45, 7) is 1.78. The van der Waals surface area contributed by atoms with Gasteiger partial charge in [0.1, 0.15) is 0 Å². The van der Waals surface area contributed by atoms with Gasteiger partial charge in [0.2, 0.25) is 6.29 Å². The van der Waals surface area contributed by atoms with E-state index >= 15 is 0 Å². The van der Waals surface area contributed by atoms with Gasteiger partial charge in [-0.1, -0.05) is 13.0 Å². The minimum Gasteiger partial charge on any atom is -0.433 e. The zero-order valence-electron chi connectivity index (χ0n) is 9.85. The molecule has 4 nitrogen and oxygen atoms in total. The van der Waals surface area contributed by atoms with Crippen LogP contribution in [0, 0.1) is 0 Å². The van der Waals surface area contributed by atoms with E-state index in [0.29, 0.717) is 12.5 Å². The van der Waals surface area contributed by atoms with E-state index in [1.807, 2.05) is 6.08 Å². The second kappa shape index (κ2) is 4.55. The second-order valence-corrected chi connectivity index (χ2v) is 4.58. The first kappa shape index (κ1) is 11.6. The van der Waals surface area contributed by atoms with Crippen molar-refractivity contribution in [2.24, 2.45) is 0 Å². The Balaban J connectivity index is 2.04. The Labute approximate surface area is 95.9 Å². The van der Waals surface area contributed by atoms with Crippen LogP contribution in [0.25, 0.3) is 0 Å². The number of aliphatic hydroxyl groups is 1. The van der Waals surface area contributed by atoms with Crippen molar-refractivity contribution in [3.8, 4) is 0 Å². The third-order valence-corrected chi connectivity index (χ3v) is 3.64. The van der Waals surface area contributed by atoms with Crippen LogP contribution < -0.4 is 0 Å². The summed E-state index contributed by atoms with van der Waals surface area (Å²) >= 11 is 0. The number of hydrogen-bond donors (Lipinski definition) is 1. The van der Waals surface area contributed by atoms with Crippen molar-refractivity contribution in [2.75, 3.05) is 7.05 Å². The van der Waals surface area contributed by atoms with Crippen molar-refractivity contribution >= 4 is 5.97 Å². The van der Waals surface area contributed by atoms with E-state index in [1.165, 1.54) is 0 Å². The number of carbonyl (C=O) groups excluding carboxylic acids is 1. The van der Waals surface area contributed by atoms with E-state index in [9.17, 15) is 9.90 Å². The zero-order valence-corrected chi connectivity index (χ0v) is 9.85. The van der Waals surface area contributed by atoms with Crippen LogP contribution in [0.2, 0.25) is 0 Å². The molecule has 2 heterocycles. The number of aliphatic hydroxyl groups excluding tert-OH is 1. The van der Waals surface area contributed by atoms with Crippen LogP contribution in [0.1, 0.15) is 32.6 Å². The molecule has 2 aliphatic rings. The van der Waals surface area contributed by atoms with Gasteiger partial charge in [0.25, 0.3) is 0 Å². The molecule has 2 rings (SSSR count). The zero-order chi connectivity index (χ0) is 11.7. The molecule has 0 amide bonds. The fourth-order valence-corrected chi connectivity index (χ4v) is 2.56. The van der Waals surface area contributed by atoms with E-state index < -0.39 is 6.29 Å². The minimum absolute atomic E-state index is 0.190. The Morgan fingerprint density at radius 2 is 2.44 bits per heavy atom. The summed E-state index contributed by atoms with van der Waals surface area (Å²) in [7, 11) is 2.05. The van der Waals surface area contributed by atoms with E-state index in [4.69, 9.17) is 4.74 Å². The molecule has 4 heteroatoms. The average molecular weight is 225 g/mol. The monoisotopic (exact) mass is 225 g/mol. The number of nitrogens with zero attached hydrogens (tertiary/aromatic N) is 1. The molecule has 2 aliphatic heterocycles. The first-order valence-electron chi connectivity index (χ1n) is 5.94. The van der Waals surface area contributed by atoms with Gasteiger partial charge in [0.15, 0.2) is 0 Å². The summed E-state index contributed by atoms with van der Waals surface area (Å²) < 4.78 is 4.96. The molecule has 16 heavy (non-hydrogen) atoms. The van der Waals surface area contributed by atoms with Crippen LogP contribution in [-0.4, -0.2) is 41.4 Å². The minimum atomic E-state index is -0.974. The topological polar surface area (TPSA) is 49.8 Å². The van der Waals surface area contributed by atoms with Crippen molar-refractivity contribution < 1.29 is 14.6 Å². The van der Waals surface area contributed by atoms with Crippen molar-refractivity contribution in [3.63, 3.8) is 0 Å². The molecule has 1 N–H and O–H groups in total. The molecule has 2 bridgehead atoms. The highest BCUT2D eigenvalue weighted by atomic mass is 16.6. The number of likely N-dealkylation sites (N-methyl/N-ethyl adjacent to an activating group) is 1. The van der Waals surface area contributed by atoms with Crippen LogP contribution >= 0.6 is 0 Å². The van der Waals surface area contributed by atoms with Crippen LogP contribution in [-0.2, 0) is 9.53 Å². The molecule has 1 fully saturated rings. The van der Waals surface area contributed by atoms with Gasteiger partial charge in [-0.05, 0) is 26.3 Å². The largest absolute Gasteiger partial charge is 0.433 e. The summed E-state index contributed by atoms with van der Waals surface area (Å²) in [5.74, 6) is -0.355. The Morgan fingerprint density at radius 3 is 3.12 bits per heavy atom. The molecule has 90 valence electrons. The average Bonchev–Trinajstić information content (AvgIpc) is 2.53. The first-order valence-corrected chi connectivity index (χ1v) is 5.94. The molecule has 1 saturated heterocycles. The van der Waals surface area contributed by atoms with Crippen molar-refractivity contribution in [2.45, 2.75) is 51.0 Å². The van der Waals surface area contributed by atoms with E-state index in [1.54, 1.807) is 6.92 Å². The molecular formula is C12H19NO3. The van der Waals surface area contributed by atoms with Gasteiger partial charge in [-0.3, -0.25) is 4.90 Å². The number of carbonyl (C=O) groups is 1. The molecule has 3 atom stereocenters. The fraction of sp³-hybridized carbons (Fsp3) is 0.750. The van der Waals surface area contributed by atoms with Gasteiger partial charge in [0.05, 0.1) is 5.57 Å². The lowest BCUT2D eigenvalue weighted by Crippen LogP contribution is -2.39. The number of hydrogen-bond acceptors (Lipinski definition) is 4. The fourth-order valence-electron chi connectivity index (χ4n) is 2.56. The molecule has 0 saturated carbocycles. The first-order chi connectivity index (χ1) is 7.63. The predicted molar refractivity (Wildman–Crippen MR) is 59.7 cm³/mol. The maximum atomic E-state index is 11.8. The number of fused-ring (bicyclic) bond motifs is 2. The molecular weight excluding hydrogens is 206 g/mol. The van der Waals surface area contributed by atoms with Crippen molar-refractivity contribution in [3.05, 3.63) is 11.6 Å². The van der Waals surface area contributed by atoms with Gasteiger partial charge in [0, 0.05) is 18.5 Å². The summed E-state index contributed by atoms with van der Waals surface area (Å²) in [6, 6.07) is 0.771. The molecule has 0 aliphatic carbocycles. The molecule has 0 spiro atoms. The van der Waals surface area contributed by atoms with Crippen molar-refractivity contribution in [1.82, 2.24) is 4.90 Å². The Hall–Kier alpha value is -0.870. The normalized spacial score (nSPS) is 31.1. The summed E-state index contributed by atoms with van der Waals surface area (Å²) in [5, 5.41) is 9.31. The van der Waals surface area contributed by atoms with Crippen molar-refractivity contribution in [1.29, 1.82) is 0 Å². The molecule has 0 aromatic rings. The van der Waals surface area contributed by atoms with Crippen LogP contribution in [0.5, 0.6) is 0 Å². The van der Waals surface area contributed by atoms with Gasteiger partial charge >= 0.3 is 5.97 Å². The third kappa shape index (κ3) is 1.99. The summed E-state index contributed by atoms with van der Waals surface area (Å²) in [4.78, 5) is 14.1. The van der Waals surface area contributed by atoms with Gasteiger partial charge in [-0.25, -0.2) is 4.79 Å². The standard InChI is InChI=1S/C12H19NO3/c1-3-11(14)16-12(15)9-6-4-8-5-7-10(9)13(8)2/h6,8,10-11,14H,3-5,7H2,1-2H3/t8-,10-,11?/m1/s1. The lowest BCUT2D eigenvalue weighted by Gasteiger charge is -2.30. The van der Waals surface area contributed by atoms with Crippen LogP contribution in [0.4, 0.5) is 0 Å². The molecule has 0 aromatic carbocycles.